The van der Waals surface area contributed by atoms with E-state index in [0.29, 0.717) is 11.6 Å². The Hall–Kier alpha value is -2.36. The maximum Gasteiger partial charge on any atom is 0.274 e. The molecule has 1 aromatic carbocycles. The minimum Gasteiger partial charge on any atom is -0.370 e. The van der Waals surface area contributed by atoms with Crippen LogP contribution < -0.4 is 10.2 Å². The number of carbonyl (C=O) groups excluding carboxylic acids is 1. The van der Waals surface area contributed by atoms with E-state index >= 15 is 0 Å². The highest BCUT2D eigenvalue weighted by Gasteiger charge is 2.17. The second-order valence-corrected chi connectivity index (χ2v) is 6.82. The van der Waals surface area contributed by atoms with Crippen molar-refractivity contribution in [3.63, 3.8) is 0 Å². The van der Waals surface area contributed by atoms with Crippen molar-refractivity contribution >= 4 is 17.3 Å². The highest BCUT2D eigenvalue weighted by atomic mass is 16.1. The smallest absolute Gasteiger partial charge is 0.274 e. The fourth-order valence-electron chi connectivity index (χ4n) is 3.32. The molecule has 1 aromatic heterocycles. The quantitative estimate of drug-likeness (QED) is 0.921. The van der Waals surface area contributed by atoms with Crippen LogP contribution in [0.1, 0.15) is 41.4 Å². The zero-order chi connectivity index (χ0) is 17.1. The Balaban J connectivity index is 1.72. The summed E-state index contributed by atoms with van der Waals surface area (Å²) in [6.45, 7) is 8.41. The van der Waals surface area contributed by atoms with Gasteiger partial charge in [0.1, 0.15) is 5.69 Å². The van der Waals surface area contributed by atoms with Crippen molar-refractivity contribution in [2.45, 2.75) is 33.6 Å². The predicted molar refractivity (Wildman–Crippen MR) is 98.7 cm³/mol. The molecule has 0 bridgehead atoms. The molecule has 1 saturated heterocycles. The lowest BCUT2D eigenvalue weighted by atomic mass is 10.00. The zero-order valence-corrected chi connectivity index (χ0v) is 14.7. The maximum absolute atomic E-state index is 12.5. The number of hydrogen-bond acceptors (Lipinski definition) is 3. The number of anilines is 2. The number of aromatic nitrogens is 1. The lowest BCUT2D eigenvalue weighted by Crippen LogP contribution is -2.34. The van der Waals surface area contributed by atoms with E-state index in [9.17, 15) is 4.79 Å². The normalized spacial score (nSPS) is 17.6. The fraction of sp³-hybridized carbons (Fsp3) is 0.400. The average Bonchev–Trinajstić information content (AvgIpc) is 2.58. The second kappa shape index (κ2) is 7.04. The number of amides is 1. The highest BCUT2D eigenvalue weighted by molar-refractivity contribution is 6.03. The number of aryl methyl sites for hydroxylation is 2. The average molecular weight is 323 g/mol. The summed E-state index contributed by atoms with van der Waals surface area (Å²) in [5, 5.41) is 2.99. The van der Waals surface area contributed by atoms with Crippen LogP contribution in [0.4, 0.5) is 11.4 Å². The van der Waals surface area contributed by atoms with Gasteiger partial charge in [-0.3, -0.25) is 4.79 Å². The zero-order valence-electron chi connectivity index (χ0n) is 14.7. The number of benzene rings is 1. The summed E-state index contributed by atoms with van der Waals surface area (Å²) in [4.78, 5) is 19.2. The van der Waals surface area contributed by atoms with E-state index < -0.39 is 0 Å². The Bertz CT molecular complexity index is 704. The molecule has 24 heavy (non-hydrogen) atoms. The first-order chi connectivity index (χ1) is 11.5. The lowest BCUT2D eigenvalue weighted by molar-refractivity contribution is 0.102. The lowest BCUT2D eigenvalue weighted by Gasteiger charge is -2.32. The topological polar surface area (TPSA) is 45.2 Å². The van der Waals surface area contributed by atoms with Crippen LogP contribution in [0, 0.1) is 19.8 Å². The summed E-state index contributed by atoms with van der Waals surface area (Å²) in [5.41, 5.74) is 4.54. The predicted octanol–water partition coefficient (Wildman–Crippen LogP) is 4.19. The van der Waals surface area contributed by atoms with E-state index in [4.69, 9.17) is 0 Å². The first-order valence-electron chi connectivity index (χ1n) is 8.63. The molecular formula is C20H25N3O. The fourth-order valence-corrected chi connectivity index (χ4v) is 3.32. The summed E-state index contributed by atoms with van der Waals surface area (Å²) < 4.78 is 0. The van der Waals surface area contributed by atoms with E-state index in [1.165, 1.54) is 12.8 Å². The molecule has 1 atom stereocenters. The first kappa shape index (κ1) is 16.5. The molecule has 2 heterocycles. The van der Waals surface area contributed by atoms with Crippen molar-refractivity contribution in [2.24, 2.45) is 5.92 Å². The molecule has 0 radical (unpaired) electrons. The van der Waals surface area contributed by atoms with Gasteiger partial charge in [-0.15, -0.1) is 0 Å². The number of para-hydroxylation sites is 1. The Kier molecular flexibility index (Phi) is 4.84. The summed E-state index contributed by atoms with van der Waals surface area (Å²) in [6.07, 6.45) is 4.33. The van der Waals surface area contributed by atoms with Crippen molar-refractivity contribution in [2.75, 3.05) is 23.3 Å². The van der Waals surface area contributed by atoms with Gasteiger partial charge in [0.05, 0.1) is 11.9 Å². The van der Waals surface area contributed by atoms with Crippen molar-refractivity contribution in [3.8, 4) is 0 Å². The third-order valence-electron chi connectivity index (χ3n) is 4.72. The third kappa shape index (κ3) is 3.58. The molecule has 2 aromatic rings. The molecule has 1 N–H and O–H groups in total. The van der Waals surface area contributed by atoms with Gasteiger partial charge < -0.3 is 10.2 Å². The minimum atomic E-state index is -0.161. The molecule has 4 heteroatoms. The number of hydrogen-bond donors (Lipinski definition) is 1. The summed E-state index contributed by atoms with van der Waals surface area (Å²) >= 11 is 0. The van der Waals surface area contributed by atoms with Crippen LogP contribution in [-0.2, 0) is 0 Å². The van der Waals surface area contributed by atoms with Crippen LogP contribution in [0.25, 0.3) is 0 Å². The number of nitrogens with one attached hydrogen (secondary N) is 1. The second-order valence-electron chi connectivity index (χ2n) is 6.82. The van der Waals surface area contributed by atoms with Gasteiger partial charge in [-0.1, -0.05) is 25.1 Å². The largest absolute Gasteiger partial charge is 0.370 e. The van der Waals surface area contributed by atoms with Gasteiger partial charge in [-0.05, 0) is 55.9 Å². The van der Waals surface area contributed by atoms with Crippen LogP contribution in [0.3, 0.4) is 0 Å². The Labute approximate surface area is 143 Å². The van der Waals surface area contributed by atoms with Crippen molar-refractivity contribution < 1.29 is 4.79 Å². The molecule has 4 nitrogen and oxygen atoms in total. The molecule has 1 unspecified atom stereocenters. The van der Waals surface area contributed by atoms with Gasteiger partial charge in [0.2, 0.25) is 0 Å². The minimum absolute atomic E-state index is 0.161. The van der Waals surface area contributed by atoms with Gasteiger partial charge in [0.15, 0.2) is 0 Å². The molecular weight excluding hydrogens is 298 g/mol. The summed E-state index contributed by atoms with van der Waals surface area (Å²) in [5.74, 6) is 0.553. The van der Waals surface area contributed by atoms with Crippen LogP contribution in [0.2, 0.25) is 0 Å². The van der Waals surface area contributed by atoms with E-state index in [2.05, 4.69) is 22.1 Å². The number of nitrogens with zero attached hydrogens (tertiary/aromatic N) is 2. The molecule has 1 aliphatic rings. The number of carbonyl (C=O) groups is 1. The molecule has 126 valence electrons. The Morgan fingerprint density at radius 3 is 2.58 bits per heavy atom. The van der Waals surface area contributed by atoms with Crippen LogP contribution in [0.5, 0.6) is 0 Å². The molecule has 1 amide bonds. The Morgan fingerprint density at radius 2 is 1.96 bits per heavy atom. The molecule has 1 fully saturated rings. The van der Waals surface area contributed by atoms with E-state index in [1.807, 2.05) is 50.4 Å². The van der Waals surface area contributed by atoms with Crippen molar-refractivity contribution in [3.05, 3.63) is 53.3 Å². The molecule has 0 saturated carbocycles. The first-order valence-corrected chi connectivity index (χ1v) is 8.63. The standard InChI is InChI=1S/C20H25N3O/c1-14-6-5-11-23(13-14)17-9-10-18(21-12-17)20(24)22-19-15(2)7-4-8-16(19)3/h4,7-10,12,14H,5-6,11,13H2,1-3H3,(H,22,24). The monoisotopic (exact) mass is 323 g/mol. The highest BCUT2D eigenvalue weighted by Crippen LogP contribution is 2.23. The molecule has 0 aliphatic carbocycles. The summed E-state index contributed by atoms with van der Waals surface area (Å²) in [7, 11) is 0. The number of pyridine rings is 1. The maximum atomic E-state index is 12.5. The van der Waals surface area contributed by atoms with Gasteiger partial charge in [-0.25, -0.2) is 4.98 Å². The van der Waals surface area contributed by atoms with Crippen molar-refractivity contribution in [1.29, 1.82) is 0 Å². The van der Waals surface area contributed by atoms with E-state index in [-0.39, 0.29) is 5.91 Å². The summed E-state index contributed by atoms with van der Waals surface area (Å²) in [6, 6.07) is 9.81. The van der Waals surface area contributed by atoms with E-state index in [0.717, 1.165) is 35.6 Å². The molecule has 0 spiro atoms. The number of piperidine rings is 1. The van der Waals surface area contributed by atoms with Crippen molar-refractivity contribution in [1.82, 2.24) is 4.98 Å². The molecule has 3 rings (SSSR count). The SMILES string of the molecule is Cc1cccc(C)c1NC(=O)c1ccc(N2CCCC(C)C2)cn1. The van der Waals surface area contributed by atoms with Crippen LogP contribution in [0.15, 0.2) is 36.5 Å². The van der Waals surface area contributed by atoms with Crippen LogP contribution in [-0.4, -0.2) is 24.0 Å². The van der Waals surface area contributed by atoms with Gasteiger partial charge in [0, 0.05) is 18.8 Å². The van der Waals surface area contributed by atoms with Crippen LogP contribution >= 0.6 is 0 Å². The van der Waals surface area contributed by atoms with E-state index in [1.54, 1.807) is 0 Å². The van der Waals surface area contributed by atoms with Gasteiger partial charge >= 0.3 is 0 Å². The number of rotatable bonds is 3. The van der Waals surface area contributed by atoms with Gasteiger partial charge in [0.25, 0.3) is 5.91 Å². The Morgan fingerprint density at radius 1 is 1.21 bits per heavy atom. The molecule has 1 aliphatic heterocycles. The third-order valence-corrected chi connectivity index (χ3v) is 4.72. The van der Waals surface area contributed by atoms with Gasteiger partial charge in [-0.2, -0.15) is 0 Å².